The molecule has 0 aromatic carbocycles. The predicted molar refractivity (Wildman–Crippen MR) is 71.5 cm³/mol. The van der Waals surface area contributed by atoms with Crippen LogP contribution >= 0.6 is 0 Å². The molecule has 0 radical (unpaired) electrons. The summed E-state index contributed by atoms with van der Waals surface area (Å²) in [7, 11) is 0. The van der Waals surface area contributed by atoms with Crippen LogP contribution in [0, 0.1) is 12.8 Å². The molecule has 1 atom stereocenters. The number of anilines is 1. The van der Waals surface area contributed by atoms with Gasteiger partial charge in [-0.1, -0.05) is 0 Å². The second-order valence-electron chi connectivity index (χ2n) is 5.11. The Kier molecular flexibility index (Phi) is 5.29. The van der Waals surface area contributed by atoms with Gasteiger partial charge in [0.1, 0.15) is 5.69 Å². The van der Waals surface area contributed by atoms with Crippen molar-refractivity contribution in [2.75, 3.05) is 11.9 Å². The van der Waals surface area contributed by atoms with Crippen molar-refractivity contribution in [3.8, 4) is 5.88 Å². The number of hydrogen-bond donors (Lipinski definition) is 2. The van der Waals surface area contributed by atoms with E-state index in [1.165, 1.54) is 6.92 Å². The number of amides is 2. The molecule has 0 aliphatic carbocycles. The number of aromatic nitrogens is 1. The van der Waals surface area contributed by atoms with E-state index in [0.717, 1.165) is 12.8 Å². The van der Waals surface area contributed by atoms with Gasteiger partial charge in [-0.3, -0.25) is 9.59 Å². The summed E-state index contributed by atoms with van der Waals surface area (Å²) in [6.45, 7) is -0.987. The van der Waals surface area contributed by atoms with Crippen molar-refractivity contribution in [1.29, 1.82) is 0 Å². The maximum atomic E-state index is 12.2. The first-order chi connectivity index (χ1) is 10.5. The number of carbonyl (C=O) groups is 2. The molecule has 1 saturated heterocycles. The zero-order valence-electron chi connectivity index (χ0n) is 12.0. The standard InChI is InChI=1S/C13H17F2N3O4/c1-7-11(12(18-22-7)21-13(14)15)17-10(20)6-8-3-2-4-16-9(19)5-8/h8,13H,2-6H2,1H3,(H,16,19)(H,17,20). The molecule has 0 spiro atoms. The predicted octanol–water partition coefficient (Wildman–Crippen LogP) is 1.83. The van der Waals surface area contributed by atoms with Gasteiger partial charge >= 0.3 is 6.61 Å². The maximum Gasteiger partial charge on any atom is 0.388 e. The van der Waals surface area contributed by atoms with Crippen LogP contribution in [0.2, 0.25) is 0 Å². The summed E-state index contributed by atoms with van der Waals surface area (Å²) < 4.78 is 33.4. The van der Waals surface area contributed by atoms with Crippen LogP contribution in [0.5, 0.6) is 5.88 Å². The van der Waals surface area contributed by atoms with Crippen LogP contribution in [0.25, 0.3) is 0 Å². The highest BCUT2D eigenvalue weighted by Gasteiger charge is 2.23. The van der Waals surface area contributed by atoms with Crippen LogP contribution in [-0.2, 0) is 9.59 Å². The minimum absolute atomic E-state index is 0.0108. The fraction of sp³-hybridized carbons (Fsp3) is 0.615. The van der Waals surface area contributed by atoms with Crippen LogP contribution in [0.4, 0.5) is 14.5 Å². The summed E-state index contributed by atoms with van der Waals surface area (Å²) >= 11 is 0. The second-order valence-corrected chi connectivity index (χ2v) is 5.11. The molecule has 2 heterocycles. The summed E-state index contributed by atoms with van der Waals surface area (Å²) in [6.07, 6.45) is 1.94. The van der Waals surface area contributed by atoms with Gasteiger partial charge in [0.2, 0.25) is 11.8 Å². The van der Waals surface area contributed by atoms with Gasteiger partial charge < -0.3 is 19.9 Å². The minimum Gasteiger partial charge on any atom is -0.412 e. The van der Waals surface area contributed by atoms with Crippen LogP contribution < -0.4 is 15.4 Å². The van der Waals surface area contributed by atoms with Crippen LogP contribution in [0.3, 0.4) is 0 Å². The van der Waals surface area contributed by atoms with E-state index in [0.29, 0.717) is 6.54 Å². The smallest absolute Gasteiger partial charge is 0.388 e. The number of nitrogens with zero attached hydrogens (tertiary/aromatic N) is 1. The zero-order valence-corrected chi connectivity index (χ0v) is 12.0. The number of halogens is 2. The highest BCUT2D eigenvalue weighted by atomic mass is 19.3. The second kappa shape index (κ2) is 7.19. The van der Waals surface area contributed by atoms with Crippen LogP contribution in [-0.4, -0.2) is 30.1 Å². The molecule has 22 heavy (non-hydrogen) atoms. The third-order valence-corrected chi connectivity index (χ3v) is 3.36. The first-order valence-electron chi connectivity index (χ1n) is 6.93. The van der Waals surface area contributed by atoms with Crippen molar-refractivity contribution in [2.45, 2.75) is 39.2 Å². The van der Waals surface area contributed by atoms with Gasteiger partial charge in [-0.05, 0) is 30.8 Å². The molecule has 1 unspecified atom stereocenters. The van der Waals surface area contributed by atoms with E-state index in [-0.39, 0.29) is 36.1 Å². The van der Waals surface area contributed by atoms with Crippen molar-refractivity contribution in [2.24, 2.45) is 5.92 Å². The van der Waals surface area contributed by atoms with Crippen molar-refractivity contribution in [3.63, 3.8) is 0 Å². The molecule has 1 fully saturated rings. The van der Waals surface area contributed by atoms with Gasteiger partial charge in [-0.2, -0.15) is 8.78 Å². The summed E-state index contributed by atoms with van der Waals surface area (Å²) in [6, 6.07) is 0. The normalized spacial score (nSPS) is 18.7. The van der Waals surface area contributed by atoms with E-state index in [1.54, 1.807) is 0 Å². The number of hydrogen-bond acceptors (Lipinski definition) is 5. The average Bonchev–Trinajstić information content (AvgIpc) is 2.64. The lowest BCUT2D eigenvalue weighted by Gasteiger charge is -2.12. The van der Waals surface area contributed by atoms with Crippen LogP contribution in [0.15, 0.2) is 4.52 Å². The van der Waals surface area contributed by atoms with Crippen molar-refractivity contribution >= 4 is 17.5 Å². The molecule has 2 rings (SSSR count). The molecular formula is C13H17F2N3O4. The molecule has 0 bridgehead atoms. The number of alkyl halides is 2. The summed E-state index contributed by atoms with van der Waals surface area (Å²) in [5, 5.41) is 8.52. The lowest BCUT2D eigenvalue weighted by atomic mass is 9.96. The first-order valence-corrected chi connectivity index (χ1v) is 6.93. The van der Waals surface area contributed by atoms with Gasteiger partial charge in [0, 0.05) is 19.4 Å². The van der Waals surface area contributed by atoms with Crippen molar-refractivity contribution < 1.29 is 27.6 Å². The van der Waals surface area contributed by atoms with Crippen LogP contribution in [0.1, 0.15) is 31.4 Å². The Morgan fingerprint density at radius 2 is 2.36 bits per heavy atom. The van der Waals surface area contributed by atoms with E-state index in [1.807, 2.05) is 0 Å². The Morgan fingerprint density at radius 3 is 3.09 bits per heavy atom. The highest BCUT2D eigenvalue weighted by Crippen LogP contribution is 2.29. The van der Waals surface area contributed by atoms with Gasteiger partial charge in [0.05, 0.1) is 0 Å². The SMILES string of the molecule is Cc1onc(OC(F)F)c1NC(=O)CC1CCCNC(=O)C1. The van der Waals surface area contributed by atoms with E-state index < -0.39 is 18.4 Å². The Balaban J connectivity index is 1.96. The fourth-order valence-electron chi connectivity index (χ4n) is 2.34. The molecular weight excluding hydrogens is 300 g/mol. The first kappa shape index (κ1) is 16.2. The number of aryl methyl sites for hydroxylation is 1. The number of nitrogens with one attached hydrogen (secondary N) is 2. The zero-order chi connectivity index (χ0) is 16.1. The quantitative estimate of drug-likeness (QED) is 0.864. The highest BCUT2D eigenvalue weighted by molar-refractivity contribution is 5.93. The molecule has 2 N–H and O–H groups in total. The molecule has 122 valence electrons. The van der Waals surface area contributed by atoms with Gasteiger partial charge in [-0.25, -0.2) is 0 Å². The van der Waals surface area contributed by atoms with Gasteiger partial charge in [0.25, 0.3) is 5.88 Å². The summed E-state index contributed by atoms with van der Waals surface area (Å²) in [5.41, 5.74) is -0.0108. The molecule has 1 aliphatic rings. The lowest BCUT2D eigenvalue weighted by Crippen LogP contribution is -2.24. The van der Waals surface area contributed by atoms with Gasteiger partial charge in [-0.15, -0.1) is 0 Å². The largest absolute Gasteiger partial charge is 0.412 e. The van der Waals surface area contributed by atoms with E-state index in [4.69, 9.17) is 4.52 Å². The molecule has 7 nitrogen and oxygen atoms in total. The molecule has 2 amide bonds. The number of ether oxygens (including phenoxy) is 1. The number of carbonyl (C=O) groups excluding carboxylic acids is 2. The monoisotopic (exact) mass is 317 g/mol. The summed E-state index contributed by atoms with van der Waals surface area (Å²) in [5.74, 6) is -0.854. The Labute approximate surface area is 125 Å². The Hall–Kier alpha value is -2.19. The maximum absolute atomic E-state index is 12.2. The van der Waals surface area contributed by atoms with E-state index in [9.17, 15) is 18.4 Å². The number of rotatable bonds is 5. The van der Waals surface area contributed by atoms with E-state index >= 15 is 0 Å². The molecule has 1 aliphatic heterocycles. The van der Waals surface area contributed by atoms with Crippen molar-refractivity contribution in [3.05, 3.63) is 5.76 Å². The average molecular weight is 317 g/mol. The van der Waals surface area contributed by atoms with Crippen molar-refractivity contribution in [1.82, 2.24) is 10.5 Å². The van der Waals surface area contributed by atoms with Gasteiger partial charge in [0.15, 0.2) is 5.76 Å². The molecule has 9 heteroatoms. The Morgan fingerprint density at radius 1 is 1.59 bits per heavy atom. The third-order valence-electron chi connectivity index (χ3n) is 3.36. The lowest BCUT2D eigenvalue weighted by molar-refractivity contribution is -0.122. The molecule has 1 aromatic heterocycles. The topological polar surface area (TPSA) is 93.5 Å². The Bertz CT molecular complexity index is 547. The fourth-order valence-corrected chi connectivity index (χ4v) is 2.34. The summed E-state index contributed by atoms with van der Waals surface area (Å²) in [4.78, 5) is 23.5. The third kappa shape index (κ3) is 4.40. The van der Waals surface area contributed by atoms with E-state index in [2.05, 4.69) is 20.5 Å². The molecule has 1 aromatic rings. The minimum atomic E-state index is -3.06. The molecule has 0 saturated carbocycles.